The Labute approximate surface area is 165 Å². The molecule has 0 saturated carbocycles. The van der Waals surface area contributed by atoms with Gasteiger partial charge < -0.3 is 0 Å². The van der Waals surface area contributed by atoms with Crippen molar-refractivity contribution < 1.29 is 0 Å². The monoisotopic (exact) mass is 374 g/mol. The SMILES string of the molecule is CCCC[Si](CCCC)(c1ccc(CC#N)cc1)c1ccc(CC#N)cc1. The second-order valence-corrected chi connectivity index (χ2v) is 11.7. The summed E-state index contributed by atoms with van der Waals surface area (Å²) in [5.41, 5.74) is 2.19. The first kappa shape index (κ1) is 20.9. The Balaban J connectivity index is 2.50. The molecule has 0 fully saturated rings. The molecule has 0 bridgehead atoms. The molecule has 27 heavy (non-hydrogen) atoms. The molecule has 2 rings (SSSR count). The molecule has 0 aromatic heterocycles. The number of hydrogen-bond donors (Lipinski definition) is 0. The smallest absolute Gasteiger partial charge is 0.118 e. The number of nitriles is 2. The van der Waals surface area contributed by atoms with Gasteiger partial charge in [-0.2, -0.15) is 10.5 Å². The van der Waals surface area contributed by atoms with Crippen LogP contribution in [-0.2, 0) is 12.8 Å². The molecule has 0 heterocycles. The van der Waals surface area contributed by atoms with Gasteiger partial charge in [-0.3, -0.25) is 0 Å². The maximum Gasteiger partial charge on any atom is 0.118 e. The molecule has 0 amide bonds. The average Bonchev–Trinajstić information content (AvgIpc) is 2.70. The van der Waals surface area contributed by atoms with Gasteiger partial charge >= 0.3 is 0 Å². The topological polar surface area (TPSA) is 47.6 Å². The van der Waals surface area contributed by atoms with Gasteiger partial charge in [0.15, 0.2) is 0 Å². The highest BCUT2D eigenvalue weighted by molar-refractivity contribution is 7.02. The lowest BCUT2D eigenvalue weighted by Gasteiger charge is -2.33. The summed E-state index contributed by atoms with van der Waals surface area (Å²) >= 11 is 0. The molecule has 2 nitrogen and oxygen atoms in total. The molecule has 0 N–H and O–H groups in total. The van der Waals surface area contributed by atoms with Crippen LogP contribution in [0.4, 0.5) is 0 Å². The van der Waals surface area contributed by atoms with Crippen molar-refractivity contribution in [3.63, 3.8) is 0 Å². The predicted octanol–water partition coefficient (Wildman–Crippen LogP) is 4.98. The molecule has 140 valence electrons. The zero-order chi connectivity index (χ0) is 19.5. The summed E-state index contributed by atoms with van der Waals surface area (Å²) in [6.07, 6.45) is 5.86. The van der Waals surface area contributed by atoms with Gasteiger partial charge in [0.05, 0.1) is 25.0 Å². The second kappa shape index (κ2) is 10.7. The maximum atomic E-state index is 8.96. The van der Waals surface area contributed by atoms with Crippen LogP contribution in [0.15, 0.2) is 48.5 Å². The lowest BCUT2D eigenvalue weighted by molar-refractivity contribution is 0.838. The minimum Gasteiger partial charge on any atom is -0.198 e. The largest absolute Gasteiger partial charge is 0.198 e. The van der Waals surface area contributed by atoms with E-state index in [4.69, 9.17) is 10.5 Å². The van der Waals surface area contributed by atoms with Crippen molar-refractivity contribution in [2.24, 2.45) is 0 Å². The van der Waals surface area contributed by atoms with Gasteiger partial charge in [-0.05, 0) is 23.2 Å². The van der Waals surface area contributed by atoms with E-state index in [9.17, 15) is 0 Å². The maximum absolute atomic E-state index is 8.96. The zero-order valence-corrected chi connectivity index (χ0v) is 17.7. The van der Waals surface area contributed by atoms with Crippen LogP contribution in [0.3, 0.4) is 0 Å². The van der Waals surface area contributed by atoms with Crippen LogP contribution in [0.5, 0.6) is 0 Å². The van der Waals surface area contributed by atoms with Gasteiger partial charge in [0.25, 0.3) is 0 Å². The molecular weight excluding hydrogens is 344 g/mol. The first-order chi connectivity index (χ1) is 13.2. The number of rotatable bonds is 10. The lowest BCUT2D eigenvalue weighted by atomic mass is 10.2. The summed E-state index contributed by atoms with van der Waals surface area (Å²) in [4.78, 5) is 0. The van der Waals surface area contributed by atoms with E-state index in [1.165, 1.54) is 48.1 Å². The van der Waals surface area contributed by atoms with E-state index in [1.807, 2.05) is 0 Å². The van der Waals surface area contributed by atoms with Crippen molar-refractivity contribution in [1.82, 2.24) is 0 Å². The van der Waals surface area contributed by atoms with Crippen molar-refractivity contribution in [3.8, 4) is 12.1 Å². The minimum atomic E-state index is -1.85. The van der Waals surface area contributed by atoms with Gasteiger partial charge in [-0.15, -0.1) is 0 Å². The van der Waals surface area contributed by atoms with E-state index < -0.39 is 8.07 Å². The van der Waals surface area contributed by atoms with Crippen LogP contribution in [0.1, 0.15) is 50.7 Å². The quantitative estimate of drug-likeness (QED) is 0.551. The van der Waals surface area contributed by atoms with Crippen LogP contribution in [0.2, 0.25) is 12.1 Å². The summed E-state index contributed by atoms with van der Waals surface area (Å²) < 4.78 is 0. The Kier molecular flexibility index (Phi) is 8.30. The van der Waals surface area contributed by atoms with Crippen LogP contribution in [0.25, 0.3) is 0 Å². The molecule has 3 heteroatoms. The van der Waals surface area contributed by atoms with Crippen molar-refractivity contribution >= 4 is 18.4 Å². The number of nitrogens with zero attached hydrogens (tertiary/aromatic N) is 2. The summed E-state index contributed by atoms with van der Waals surface area (Å²) in [7, 11) is -1.85. The average molecular weight is 375 g/mol. The van der Waals surface area contributed by atoms with Crippen LogP contribution in [-0.4, -0.2) is 8.07 Å². The molecule has 2 aromatic carbocycles. The number of hydrogen-bond acceptors (Lipinski definition) is 2. The molecule has 0 radical (unpaired) electrons. The standard InChI is InChI=1S/C24H30N2Si/c1-3-5-19-27(20-6-4-2,23-11-7-21(8-12-23)15-17-25)24-13-9-22(10-14-24)16-18-26/h7-14H,3-6,15-16,19-20H2,1-2H3. The highest BCUT2D eigenvalue weighted by Crippen LogP contribution is 2.23. The summed E-state index contributed by atoms with van der Waals surface area (Å²) in [5, 5.41) is 20.9. The highest BCUT2D eigenvalue weighted by atomic mass is 28.3. The van der Waals surface area contributed by atoms with Crippen molar-refractivity contribution in [2.45, 2.75) is 64.5 Å². The molecule has 0 aliphatic rings. The molecule has 2 aromatic rings. The fourth-order valence-electron chi connectivity index (χ4n) is 3.89. The highest BCUT2D eigenvalue weighted by Gasteiger charge is 2.35. The number of unbranched alkanes of at least 4 members (excludes halogenated alkanes) is 2. The Morgan fingerprint density at radius 2 is 1.04 bits per heavy atom. The summed E-state index contributed by atoms with van der Waals surface area (Å²) in [6.45, 7) is 4.54. The summed E-state index contributed by atoms with van der Waals surface area (Å²) in [6, 6.07) is 24.7. The zero-order valence-electron chi connectivity index (χ0n) is 16.7. The van der Waals surface area contributed by atoms with E-state index in [0.29, 0.717) is 12.8 Å². The fraction of sp³-hybridized carbons (Fsp3) is 0.417. The van der Waals surface area contributed by atoms with Crippen LogP contribution < -0.4 is 10.4 Å². The molecule has 0 atom stereocenters. The molecule has 0 spiro atoms. The van der Waals surface area contributed by atoms with Crippen molar-refractivity contribution in [2.75, 3.05) is 0 Å². The van der Waals surface area contributed by atoms with Gasteiger partial charge in [0, 0.05) is 0 Å². The lowest BCUT2D eigenvalue weighted by Crippen LogP contribution is -2.58. The van der Waals surface area contributed by atoms with Crippen LogP contribution in [0, 0.1) is 22.7 Å². The van der Waals surface area contributed by atoms with Crippen molar-refractivity contribution in [1.29, 1.82) is 10.5 Å². The van der Waals surface area contributed by atoms with E-state index in [0.717, 1.165) is 11.1 Å². The predicted molar refractivity (Wildman–Crippen MR) is 116 cm³/mol. The van der Waals surface area contributed by atoms with Gasteiger partial charge in [-0.1, -0.05) is 98.4 Å². The van der Waals surface area contributed by atoms with E-state index in [2.05, 4.69) is 74.5 Å². The minimum absolute atomic E-state index is 0.474. The number of benzene rings is 2. The Hall–Kier alpha value is -2.36. The van der Waals surface area contributed by atoms with Gasteiger partial charge in [-0.25, -0.2) is 0 Å². The molecule has 0 unspecified atom stereocenters. The third kappa shape index (κ3) is 5.31. The first-order valence-corrected chi connectivity index (χ1v) is 12.5. The molecule has 0 saturated heterocycles. The van der Waals surface area contributed by atoms with Gasteiger partial charge in [0.2, 0.25) is 0 Å². The Bertz CT molecular complexity index is 710. The Morgan fingerprint density at radius 1 is 0.667 bits per heavy atom. The Morgan fingerprint density at radius 3 is 1.33 bits per heavy atom. The van der Waals surface area contributed by atoms with E-state index >= 15 is 0 Å². The van der Waals surface area contributed by atoms with E-state index in [-0.39, 0.29) is 0 Å². The third-order valence-electron chi connectivity index (χ3n) is 5.49. The molecule has 0 aliphatic heterocycles. The third-order valence-corrected chi connectivity index (χ3v) is 10.8. The summed E-state index contributed by atoms with van der Waals surface area (Å²) in [5.74, 6) is 0. The fourth-order valence-corrected chi connectivity index (χ4v) is 9.15. The molecular formula is C24H30N2Si. The van der Waals surface area contributed by atoms with Crippen LogP contribution >= 0.6 is 0 Å². The van der Waals surface area contributed by atoms with Gasteiger partial charge in [0.1, 0.15) is 8.07 Å². The normalized spacial score (nSPS) is 11.0. The first-order valence-electron chi connectivity index (χ1n) is 10.1. The second-order valence-electron chi connectivity index (χ2n) is 7.35. The molecule has 0 aliphatic carbocycles. The van der Waals surface area contributed by atoms with E-state index in [1.54, 1.807) is 0 Å². The van der Waals surface area contributed by atoms with Crippen molar-refractivity contribution in [3.05, 3.63) is 59.7 Å².